The summed E-state index contributed by atoms with van der Waals surface area (Å²) in [6.07, 6.45) is 0.969. The maximum absolute atomic E-state index is 5.63. The van der Waals surface area contributed by atoms with Gasteiger partial charge in [0.15, 0.2) is 0 Å². The van der Waals surface area contributed by atoms with Crippen LogP contribution in [-0.2, 0) is 4.74 Å². The number of nitrogen functional groups attached to an aromatic ring is 1. The van der Waals surface area contributed by atoms with Crippen LogP contribution in [0, 0.1) is 6.92 Å². The largest absolute Gasteiger partial charge is 0.384 e. The lowest BCUT2D eigenvalue weighted by Gasteiger charge is -2.16. The molecule has 1 atom stereocenters. The van der Waals surface area contributed by atoms with Crippen molar-refractivity contribution in [2.45, 2.75) is 26.3 Å². The molecule has 0 saturated carbocycles. The van der Waals surface area contributed by atoms with Gasteiger partial charge in [0.2, 0.25) is 0 Å². The first-order chi connectivity index (χ1) is 7.15. The number of nitrogens with zero attached hydrogens (tertiary/aromatic N) is 2. The number of nitrogens with two attached hydrogens (primary N) is 1. The average Bonchev–Trinajstić information content (AvgIpc) is 2.15. The van der Waals surface area contributed by atoms with Gasteiger partial charge in [-0.15, -0.1) is 0 Å². The fourth-order valence-corrected chi connectivity index (χ4v) is 1.34. The van der Waals surface area contributed by atoms with Crippen LogP contribution < -0.4 is 11.1 Å². The Hall–Kier alpha value is -1.36. The predicted octanol–water partition coefficient (Wildman–Crippen LogP) is 1.20. The molecule has 0 bridgehead atoms. The zero-order chi connectivity index (χ0) is 11.3. The van der Waals surface area contributed by atoms with Crippen LogP contribution in [0.25, 0.3) is 0 Å². The monoisotopic (exact) mass is 210 g/mol. The summed E-state index contributed by atoms with van der Waals surface area (Å²) in [4.78, 5) is 8.26. The van der Waals surface area contributed by atoms with E-state index in [4.69, 9.17) is 10.5 Å². The summed E-state index contributed by atoms with van der Waals surface area (Å²) in [5, 5.41) is 3.26. The molecule has 0 aliphatic rings. The van der Waals surface area contributed by atoms with Gasteiger partial charge >= 0.3 is 0 Å². The van der Waals surface area contributed by atoms with Gasteiger partial charge in [-0.1, -0.05) is 6.92 Å². The fraction of sp³-hybridized carbons (Fsp3) is 0.600. The van der Waals surface area contributed by atoms with Crippen LogP contribution in [0.4, 0.5) is 11.6 Å². The summed E-state index contributed by atoms with van der Waals surface area (Å²) >= 11 is 0. The zero-order valence-electron chi connectivity index (χ0n) is 9.45. The standard InChI is InChI=1S/C10H18N4O/c1-4-8(6-15-3)14-10-5-9(11)12-7(2)13-10/h5,8H,4,6H2,1-3H3,(H3,11,12,13,14). The molecular weight excluding hydrogens is 192 g/mol. The summed E-state index contributed by atoms with van der Waals surface area (Å²) in [5.41, 5.74) is 5.63. The third-order valence-corrected chi connectivity index (χ3v) is 2.07. The van der Waals surface area contributed by atoms with E-state index in [-0.39, 0.29) is 6.04 Å². The highest BCUT2D eigenvalue weighted by molar-refractivity contribution is 5.45. The Morgan fingerprint density at radius 1 is 1.53 bits per heavy atom. The molecule has 0 aliphatic heterocycles. The number of aromatic nitrogens is 2. The van der Waals surface area contributed by atoms with Crippen molar-refractivity contribution in [3.63, 3.8) is 0 Å². The molecule has 1 heterocycles. The van der Waals surface area contributed by atoms with Crippen LogP contribution in [0.3, 0.4) is 0 Å². The molecule has 0 spiro atoms. The van der Waals surface area contributed by atoms with Crippen molar-refractivity contribution in [1.29, 1.82) is 0 Å². The molecule has 1 rings (SSSR count). The molecule has 0 aromatic carbocycles. The van der Waals surface area contributed by atoms with Crippen molar-refractivity contribution in [3.8, 4) is 0 Å². The number of nitrogens with one attached hydrogen (secondary N) is 1. The quantitative estimate of drug-likeness (QED) is 0.764. The van der Waals surface area contributed by atoms with Crippen LogP contribution >= 0.6 is 0 Å². The highest BCUT2D eigenvalue weighted by atomic mass is 16.5. The van der Waals surface area contributed by atoms with E-state index in [1.807, 2.05) is 6.92 Å². The number of rotatable bonds is 5. The second-order valence-electron chi connectivity index (χ2n) is 3.43. The Balaban J connectivity index is 2.69. The van der Waals surface area contributed by atoms with Crippen LogP contribution in [0.5, 0.6) is 0 Å². The van der Waals surface area contributed by atoms with E-state index in [1.165, 1.54) is 0 Å². The molecule has 5 nitrogen and oxygen atoms in total. The van der Waals surface area contributed by atoms with Crippen molar-refractivity contribution < 1.29 is 4.74 Å². The SMILES string of the molecule is CCC(COC)Nc1cc(N)nc(C)n1. The number of ether oxygens (including phenoxy) is 1. The predicted molar refractivity (Wildman–Crippen MR) is 60.8 cm³/mol. The third-order valence-electron chi connectivity index (χ3n) is 2.07. The van der Waals surface area contributed by atoms with Crippen LogP contribution in [-0.4, -0.2) is 29.7 Å². The first-order valence-corrected chi connectivity index (χ1v) is 5.02. The van der Waals surface area contributed by atoms with Crippen molar-refractivity contribution >= 4 is 11.6 Å². The molecule has 15 heavy (non-hydrogen) atoms. The lowest BCUT2D eigenvalue weighted by atomic mass is 10.2. The normalized spacial score (nSPS) is 12.5. The van der Waals surface area contributed by atoms with Gasteiger partial charge in [-0.2, -0.15) is 0 Å². The van der Waals surface area contributed by atoms with Crippen molar-refractivity contribution in [2.75, 3.05) is 24.8 Å². The minimum atomic E-state index is 0.253. The molecule has 3 N–H and O–H groups in total. The number of hydrogen-bond acceptors (Lipinski definition) is 5. The highest BCUT2D eigenvalue weighted by Gasteiger charge is 2.07. The first kappa shape index (κ1) is 11.7. The van der Waals surface area contributed by atoms with E-state index in [0.29, 0.717) is 18.2 Å². The van der Waals surface area contributed by atoms with Gasteiger partial charge < -0.3 is 15.8 Å². The first-order valence-electron chi connectivity index (χ1n) is 5.02. The second kappa shape index (κ2) is 5.50. The molecule has 0 saturated heterocycles. The number of methoxy groups -OCH3 is 1. The Bertz CT molecular complexity index is 296. The highest BCUT2D eigenvalue weighted by Crippen LogP contribution is 2.10. The smallest absolute Gasteiger partial charge is 0.132 e. The lowest BCUT2D eigenvalue weighted by molar-refractivity contribution is 0.184. The summed E-state index contributed by atoms with van der Waals surface area (Å²) in [6, 6.07) is 1.98. The fourth-order valence-electron chi connectivity index (χ4n) is 1.34. The number of anilines is 2. The molecule has 1 unspecified atom stereocenters. The van der Waals surface area contributed by atoms with Crippen molar-refractivity contribution in [1.82, 2.24) is 9.97 Å². The molecule has 84 valence electrons. The van der Waals surface area contributed by atoms with E-state index in [1.54, 1.807) is 13.2 Å². The van der Waals surface area contributed by atoms with Gasteiger partial charge in [0.1, 0.15) is 17.5 Å². The number of aryl methyl sites for hydroxylation is 1. The number of hydrogen-bond donors (Lipinski definition) is 2. The lowest BCUT2D eigenvalue weighted by Crippen LogP contribution is -2.24. The van der Waals surface area contributed by atoms with Crippen molar-refractivity contribution in [2.24, 2.45) is 0 Å². The van der Waals surface area contributed by atoms with Crippen LogP contribution in [0.2, 0.25) is 0 Å². The zero-order valence-corrected chi connectivity index (χ0v) is 9.45. The van der Waals surface area contributed by atoms with Crippen molar-refractivity contribution in [3.05, 3.63) is 11.9 Å². The molecule has 1 aromatic rings. The average molecular weight is 210 g/mol. The van der Waals surface area contributed by atoms with Gasteiger partial charge in [-0.3, -0.25) is 0 Å². The molecule has 0 radical (unpaired) electrons. The maximum Gasteiger partial charge on any atom is 0.132 e. The molecule has 0 fully saturated rings. The Morgan fingerprint density at radius 3 is 2.80 bits per heavy atom. The molecule has 1 aromatic heterocycles. The van der Waals surface area contributed by atoms with E-state index in [2.05, 4.69) is 22.2 Å². The minimum absolute atomic E-state index is 0.253. The van der Waals surface area contributed by atoms with E-state index < -0.39 is 0 Å². The maximum atomic E-state index is 5.63. The Morgan fingerprint density at radius 2 is 2.27 bits per heavy atom. The topological polar surface area (TPSA) is 73.1 Å². The molecular formula is C10H18N4O. The molecule has 0 amide bonds. The third kappa shape index (κ3) is 3.71. The minimum Gasteiger partial charge on any atom is -0.384 e. The summed E-state index contributed by atoms with van der Waals surface area (Å²) in [7, 11) is 1.68. The summed E-state index contributed by atoms with van der Waals surface area (Å²) in [6.45, 7) is 4.56. The Kier molecular flexibility index (Phi) is 4.30. The second-order valence-corrected chi connectivity index (χ2v) is 3.43. The van der Waals surface area contributed by atoms with Gasteiger partial charge in [0.25, 0.3) is 0 Å². The van der Waals surface area contributed by atoms with Gasteiger partial charge in [0.05, 0.1) is 12.6 Å². The summed E-state index contributed by atoms with van der Waals surface area (Å²) in [5.74, 6) is 1.91. The van der Waals surface area contributed by atoms with Crippen LogP contribution in [0.1, 0.15) is 19.2 Å². The van der Waals surface area contributed by atoms with Gasteiger partial charge in [-0.25, -0.2) is 9.97 Å². The van der Waals surface area contributed by atoms with E-state index >= 15 is 0 Å². The van der Waals surface area contributed by atoms with Crippen LogP contribution in [0.15, 0.2) is 6.07 Å². The molecule has 0 aliphatic carbocycles. The van der Waals surface area contributed by atoms with E-state index in [9.17, 15) is 0 Å². The summed E-state index contributed by atoms with van der Waals surface area (Å²) < 4.78 is 5.09. The van der Waals surface area contributed by atoms with E-state index in [0.717, 1.165) is 12.2 Å². The Labute approximate surface area is 90.1 Å². The molecule has 5 heteroatoms. The van der Waals surface area contributed by atoms with Gasteiger partial charge in [-0.05, 0) is 13.3 Å². The van der Waals surface area contributed by atoms with Gasteiger partial charge in [0, 0.05) is 13.2 Å².